The van der Waals surface area contributed by atoms with Gasteiger partial charge in [0.2, 0.25) is 17.7 Å². The molecule has 35 atom stereocenters. The summed E-state index contributed by atoms with van der Waals surface area (Å²) >= 11 is 0. The van der Waals surface area contributed by atoms with Crippen molar-refractivity contribution in [1.29, 1.82) is 0 Å². The molecule has 0 aromatic rings. The maximum atomic E-state index is 13.1. The molecule has 0 aromatic carbocycles. The van der Waals surface area contributed by atoms with E-state index in [2.05, 4.69) is 16.0 Å². The van der Waals surface area contributed by atoms with E-state index >= 15 is 0 Å². The average molecular weight is 1260 g/mol. The Balaban J connectivity index is 1.26. The summed E-state index contributed by atoms with van der Waals surface area (Å²) in [5, 5.41) is 213. The summed E-state index contributed by atoms with van der Waals surface area (Å²) in [5.41, 5.74) is 0. The number of nitrogens with one attached hydrogen (secondary N) is 3. The van der Waals surface area contributed by atoms with E-state index in [1.807, 2.05) is 0 Å². The lowest BCUT2D eigenvalue weighted by atomic mass is 9.93. The zero-order valence-electron chi connectivity index (χ0n) is 46.5. The van der Waals surface area contributed by atoms with Crippen LogP contribution in [0.3, 0.4) is 0 Å². The third kappa shape index (κ3) is 15.7. The molecule has 0 aromatic heterocycles. The van der Waals surface area contributed by atoms with E-state index in [0.717, 1.165) is 20.8 Å². The summed E-state index contributed by atoms with van der Waals surface area (Å²) in [6.07, 6.45) is -61.6. The van der Waals surface area contributed by atoms with Gasteiger partial charge in [-0.3, -0.25) is 14.4 Å². The smallest absolute Gasteiger partial charge is 0.217 e. The molecule has 22 N–H and O–H groups in total. The Kier molecular flexibility index (Phi) is 25.0. The van der Waals surface area contributed by atoms with Crippen LogP contribution < -0.4 is 16.0 Å². The van der Waals surface area contributed by atoms with Crippen LogP contribution in [0.1, 0.15) is 27.7 Å². The number of amides is 3. The second-order valence-corrected chi connectivity index (χ2v) is 21.9. The fourth-order valence-electron chi connectivity index (χ4n) is 10.9. The number of hydrogen-bond acceptors (Lipinski definition) is 35. The molecule has 7 saturated heterocycles. The Labute approximate surface area is 488 Å². The molecule has 0 bridgehead atoms. The van der Waals surface area contributed by atoms with Gasteiger partial charge >= 0.3 is 0 Å². The number of aliphatic hydroxyl groups excluding tert-OH is 19. The summed E-state index contributed by atoms with van der Waals surface area (Å²) in [4.78, 5) is 37.9. The number of ether oxygens (including phenoxy) is 13. The monoisotopic (exact) mass is 1260 g/mol. The highest BCUT2D eigenvalue weighted by molar-refractivity contribution is 5.74. The molecular weight excluding hydrogens is 1180 g/mol. The van der Waals surface area contributed by atoms with Crippen LogP contribution in [-0.2, 0) is 76.0 Å². The first-order chi connectivity index (χ1) is 40.5. The largest absolute Gasteiger partial charge is 0.394 e. The summed E-state index contributed by atoms with van der Waals surface area (Å²) < 4.78 is 76.1. The van der Waals surface area contributed by atoms with Gasteiger partial charge in [0, 0.05) is 20.8 Å². The highest BCUT2D eigenvalue weighted by atomic mass is 16.8. The Morgan fingerprint density at radius 1 is 0.326 bits per heavy atom. The van der Waals surface area contributed by atoms with Crippen molar-refractivity contribution in [3.63, 3.8) is 0 Å². The van der Waals surface area contributed by atoms with Gasteiger partial charge in [0.15, 0.2) is 44.0 Å². The van der Waals surface area contributed by atoms with Gasteiger partial charge in [0.1, 0.15) is 165 Å². The van der Waals surface area contributed by atoms with Crippen molar-refractivity contribution in [3.8, 4) is 0 Å². The second kappa shape index (κ2) is 30.5. The summed E-state index contributed by atoms with van der Waals surface area (Å²) in [7, 11) is 0. The topological polar surface area (TPSA) is 592 Å². The molecule has 0 saturated carbocycles. The molecular formula is C48H81N3O35. The van der Waals surface area contributed by atoms with Crippen LogP contribution in [0.5, 0.6) is 0 Å². The zero-order valence-corrected chi connectivity index (χ0v) is 46.5. The van der Waals surface area contributed by atoms with Gasteiger partial charge < -0.3 is 175 Å². The van der Waals surface area contributed by atoms with E-state index in [1.54, 1.807) is 0 Å². The first-order valence-electron chi connectivity index (χ1n) is 27.5. The normalized spacial score (nSPS) is 49.4. The van der Waals surface area contributed by atoms with Gasteiger partial charge in [0.05, 0.1) is 45.7 Å². The predicted molar refractivity (Wildman–Crippen MR) is 265 cm³/mol. The third-order valence-corrected chi connectivity index (χ3v) is 15.7. The Hall–Kier alpha value is -2.87. The molecule has 7 rings (SSSR count). The van der Waals surface area contributed by atoms with Crippen LogP contribution in [0.15, 0.2) is 0 Å². The maximum absolute atomic E-state index is 13.1. The third-order valence-electron chi connectivity index (χ3n) is 15.7. The Bertz CT molecular complexity index is 2170. The first-order valence-corrected chi connectivity index (χ1v) is 27.5. The van der Waals surface area contributed by atoms with Crippen LogP contribution in [0.4, 0.5) is 0 Å². The van der Waals surface area contributed by atoms with Crippen molar-refractivity contribution >= 4 is 17.7 Å². The highest BCUT2D eigenvalue weighted by Crippen LogP contribution is 2.37. The Morgan fingerprint density at radius 3 is 1.20 bits per heavy atom. The highest BCUT2D eigenvalue weighted by Gasteiger charge is 2.58. The zero-order chi connectivity index (χ0) is 63.5. The van der Waals surface area contributed by atoms with Crippen molar-refractivity contribution in [2.45, 2.75) is 242 Å². The second-order valence-electron chi connectivity index (χ2n) is 21.9. The van der Waals surface area contributed by atoms with Gasteiger partial charge in [-0.25, -0.2) is 0 Å². The molecule has 0 spiro atoms. The number of hydrogen-bond donors (Lipinski definition) is 22. The van der Waals surface area contributed by atoms with Crippen LogP contribution in [-0.4, -0.2) is 369 Å². The number of carbonyl (C=O) groups excluding carboxylic acids is 3. The van der Waals surface area contributed by atoms with E-state index in [-0.39, 0.29) is 0 Å². The molecule has 498 valence electrons. The molecule has 2 unspecified atom stereocenters. The molecule has 7 aliphatic rings. The standard InChI is InChI=1S/C48H81N3O35/c1-11-24(58)32(66)35(69)45(77-11)76-9-19-39(30(64)21(42(73)78-19)49-12(2)55)84-44-23(51-14(4)57)31(65)40(20(83-44)10-74-43-22(50-13(3)56)29(63)25(59)15(5-52)79-43)85-48-38(72)41(86-47-37(71)34(68)27(61)17(7-54)81-47)28(62)18(82-48)8-75-46-36(70)33(67)26(60)16(6-53)80-46/h11,15-48,52-54,58-73H,5-10H2,1-4H3,(H,49,55)(H,50,56)(H,51,57)/t11-,15+,16+,17+,18+,19+,20+,21+,22+,23+,24+,25+,26+,27+,28+,29+,30+,31+,32+,33-,34-,35-,36-,37-,38-,39+,40+,41-,42?,43?,44-,45+,46-,47+,48-/m0/s1. The number of aliphatic hydroxyl groups is 19. The molecule has 38 nitrogen and oxygen atoms in total. The van der Waals surface area contributed by atoms with E-state index in [4.69, 9.17) is 61.6 Å². The van der Waals surface area contributed by atoms with Gasteiger partial charge in [-0.1, -0.05) is 0 Å². The fraction of sp³-hybridized carbons (Fsp3) is 0.938. The van der Waals surface area contributed by atoms with Gasteiger partial charge in [-0.05, 0) is 6.92 Å². The molecule has 7 heterocycles. The van der Waals surface area contributed by atoms with Crippen molar-refractivity contribution in [3.05, 3.63) is 0 Å². The maximum Gasteiger partial charge on any atom is 0.217 e. The van der Waals surface area contributed by atoms with Crippen molar-refractivity contribution in [2.24, 2.45) is 0 Å². The summed E-state index contributed by atoms with van der Waals surface area (Å²) in [6, 6.07) is -5.31. The quantitative estimate of drug-likeness (QED) is 0.0507. The number of carbonyl (C=O) groups is 3. The van der Waals surface area contributed by atoms with E-state index in [1.165, 1.54) is 6.92 Å². The minimum Gasteiger partial charge on any atom is -0.394 e. The average Bonchev–Trinajstić information content (AvgIpc) is 1.05. The molecule has 86 heavy (non-hydrogen) atoms. The van der Waals surface area contributed by atoms with Gasteiger partial charge in [0.25, 0.3) is 0 Å². The minimum absolute atomic E-state index is 0.795. The lowest BCUT2D eigenvalue weighted by Gasteiger charge is -2.51. The molecule has 3 amide bonds. The van der Waals surface area contributed by atoms with E-state index in [0.29, 0.717) is 0 Å². The van der Waals surface area contributed by atoms with Crippen LogP contribution >= 0.6 is 0 Å². The first kappa shape index (κ1) is 70.6. The SMILES string of the molecule is CC(=O)N[C@H]1[C@H](O[C@H]2[C@H](O)[C@@H](NC(C)=O)C(O)O[C@@H]2CO[C@@H]2O[C@@H](C)[C@@H](O)[C@@H](O)[C@@H]2O)O[C@H](COC2O[C@H](CO)[C@@H](O)[C@H](O)[C@H]2NC(C)=O)[C@@H](O[C@@H]2O[C@H](CO[C@H]3O[C@H](CO)[C@@H](O)[C@H](O)[C@@H]3O)[C@@H](O)[C@H](O[C@H]3O[C@H](CO)[C@@H](O)[C@H](O)[C@@H]3O)[C@@H]2O)[C@@H]1O. The predicted octanol–water partition coefficient (Wildman–Crippen LogP) is -14.8. The Morgan fingerprint density at radius 2 is 0.674 bits per heavy atom. The minimum atomic E-state index is -2.37. The fourth-order valence-corrected chi connectivity index (χ4v) is 10.9. The van der Waals surface area contributed by atoms with Gasteiger partial charge in [-0.2, -0.15) is 0 Å². The lowest BCUT2D eigenvalue weighted by Crippen LogP contribution is -2.71. The molecule has 0 radical (unpaired) electrons. The van der Waals surface area contributed by atoms with Crippen molar-refractivity contribution in [1.82, 2.24) is 16.0 Å². The van der Waals surface area contributed by atoms with Crippen LogP contribution in [0.25, 0.3) is 0 Å². The van der Waals surface area contributed by atoms with Crippen molar-refractivity contribution < 1.29 is 173 Å². The molecule has 7 fully saturated rings. The summed E-state index contributed by atoms with van der Waals surface area (Å²) in [6.45, 7) is -1.23. The lowest BCUT2D eigenvalue weighted by molar-refractivity contribution is -0.386. The van der Waals surface area contributed by atoms with E-state index < -0.39 is 272 Å². The van der Waals surface area contributed by atoms with Crippen LogP contribution in [0.2, 0.25) is 0 Å². The van der Waals surface area contributed by atoms with Crippen molar-refractivity contribution in [2.75, 3.05) is 39.6 Å². The summed E-state index contributed by atoms with van der Waals surface area (Å²) in [5.74, 6) is -2.54. The molecule has 7 aliphatic heterocycles. The molecule has 0 aliphatic carbocycles. The van der Waals surface area contributed by atoms with Gasteiger partial charge in [-0.15, -0.1) is 0 Å². The van der Waals surface area contributed by atoms with E-state index in [9.17, 15) is 111 Å². The number of rotatable bonds is 21. The molecule has 38 heteroatoms. The van der Waals surface area contributed by atoms with Crippen LogP contribution in [0, 0.1) is 0 Å².